The van der Waals surface area contributed by atoms with Gasteiger partial charge in [-0.3, -0.25) is 4.79 Å². The number of halogens is 1. The fourth-order valence-electron chi connectivity index (χ4n) is 1.55. The van der Waals surface area contributed by atoms with Gasteiger partial charge in [-0.15, -0.1) is 0 Å². The average molecular weight is 264 g/mol. The number of morpholine rings is 1. The lowest BCUT2D eigenvalue weighted by Crippen LogP contribution is -2.52. The van der Waals surface area contributed by atoms with Gasteiger partial charge in [-0.25, -0.2) is 0 Å². The molecular weight excluding hydrogens is 246 g/mol. The lowest BCUT2D eigenvalue weighted by molar-refractivity contribution is -0.146. The van der Waals surface area contributed by atoms with E-state index >= 15 is 0 Å². The van der Waals surface area contributed by atoms with Crippen LogP contribution in [-0.2, 0) is 9.53 Å². The molecule has 0 aromatic rings. The minimum atomic E-state index is 0.0755. The zero-order valence-corrected chi connectivity index (χ0v) is 10.6. The molecule has 2 unspecified atom stereocenters. The van der Waals surface area contributed by atoms with Gasteiger partial charge in [-0.05, 0) is 6.92 Å². The van der Waals surface area contributed by atoms with Crippen LogP contribution in [0, 0.1) is 5.92 Å². The molecule has 1 amide bonds. The van der Waals surface area contributed by atoms with Crippen molar-refractivity contribution in [2.45, 2.75) is 32.9 Å². The monoisotopic (exact) mass is 263 g/mol. The second kappa shape index (κ2) is 5.12. The Morgan fingerprint density at radius 3 is 2.79 bits per heavy atom. The van der Waals surface area contributed by atoms with Gasteiger partial charge in [0.1, 0.15) is 0 Å². The standard InChI is InChI=1S/C10H18BrNO2/c1-7(2)10(13)12-5-9(4-11)14-6-8(12)3/h7-9H,4-6H2,1-3H3. The van der Waals surface area contributed by atoms with Crippen LogP contribution >= 0.6 is 15.9 Å². The molecule has 1 rings (SSSR count). The molecule has 1 fully saturated rings. The van der Waals surface area contributed by atoms with Crippen LogP contribution in [0.2, 0.25) is 0 Å². The van der Waals surface area contributed by atoms with Crippen LogP contribution in [0.25, 0.3) is 0 Å². The Balaban J connectivity index is 2.60. The summed E-state index contributed by atoms with van der Waals surface area (Å²) in [5.74, 6) is 0.304. The third-order valence-electron chi connectivity index (χ3n) is 2.45. The number of nitrogens with zero attached hydrogens (tertiary/aromatic N) is 1. The average Bonchev–Trinajstić information content (AvgIpc) is 2.17. The molecule has 82 valence electrons. The first-order valence-electron chi connectivity index (χ1n) is 5.04. The summed E-state index contributed by atoms with van der Waals surface area (Å²) >= 11 is 3.38. The van der Waals surface area contributed by atoms with Crippen molar-refractivity contribution in [2.24, 2.45) is 5.92 Å². The molecule has 0 saturated carbocycles. The van der Waals surface area contributed by atoms with Crippen molar-refractivity contribution in [1.82, 2.24) is 4.90 Å². The lowest BCUT2D eigenvalue weighted by atomic mass is 10.1. The molecule has 2 atom stereocenters. The summed E-state index contributed by atoms with van der Waals surface area (Å²) in [7, 11) is 0. The molecule has 0 aliphatic carbocycles. The number of rotatable bonds is 2. The molecular formula is C10H18BrNO2. The van der Waals surface area contributed by atoms with Crippen LogP contribution in [-0.4, -0.2) is 41.4 Å². The van der Waals surface area contributed by atoms with Crippen LogP contribution in [0.5, 0.6) is 0 Å². The van der Waals surface area contributed by atoms with Crippen molar-refractivity contribution in [3.8, 4) is 0 Å². The fraction of sp³-hybridized carbons (Fsp3) is 0.900. The van der Waals surface area contributed by atoms with Crippen LogP contribution in [0.4, 0.5) is 0 Å². The number of hydrogen-bond donors (Lipinski definition) is 0. The summed E-state index contributed by atoms with van der Waals surface area (Å²) in [4.78, 5) is 13.8. The second-order valence-corrected chi connectivity index (χ2v) is 4.75. The lowest BCUT2D eigenvalue weighted by Gasteiger charge is -2.38. The number of carbonyl (C=O) groups excluding carboxylic acids is 1. The number of hydrogen-bond acceptors (Lipinski definition) is 2. The maximum Gasteiger partial charge on any atom is 0.225 e. The number of amides is 1. The summed E-state index contributed by atoms with van der Waals surface area (Å²) in [6, 6.07) is 0.209. The third-order valence-corrected chi connectivity index (χ3v) is 3.18. The van der Waals surface area contributed by atoms with Gasteiger partial charge in [0.05, 0.1) is 18.8 Å². The van der Waals surface area contributed by atoms with Crippen LogP contribution in [0.3, 0.4) is 0 Å². The maximum atomic E-state index is 11.8. The minimum absolute atomic E-state index is 0.0755. The predicted octanol–water partition coefficient (Wildman–Crippen LogP) is 1.65. The van der Waals surface area contributed by atoms with E-state index in [0.29, 0.717) is 13.2 Å². The minimum Gasteiger partial charge on any atom is -0.373 e. The Morgan fingerprint density at radius 2 is 2.29 bits per heavy atom. The number of carbonyl (C=O) groups is 1. The first-order chi connectivity index (χ1) is 6.56. The highest BCUT2D eigenvalue weighted by molar-refractivity contribution is 9.09. The normalized spacial score (nSPS) is 28.2. The molecule has 1 heterocycles. The smallest absolute Gasteiger partial charge is 0.225 e. The first-order valence-corrected chi connectivity index (χ1v) is 6.16. The number of ether oxygens (including phenoxy) is 1. The molecule has 4 heteroatoms. The molecule has 0 aromatic carbocycles. The van der Waals surface area contributed by atoms with E-state index in [1.807, 2.05) is 25.7 Å². The topological polar surface area (TPSA) is 29.5 Å². The van der Waals surface area contributed by atoms with E-state index in [2.05, 4.69) is 15.9 Å². The second-order valence-electron chi connectivity index (χ2n) is 4.10. The van der Waals surface area contributed by atoms with Crippen molar-refractivity contribution >= 4 is 21.8 Å². The van der Waals surface area contributed by atoms with E-state index in [0.717, 1.165) is 5.33 Å². The summed E-state index contributed by atoms with van der Waals surface area (Å²) < 4.78 is 5.56. The van der Waals surface area contributed by atoms with Gasteiger partial charge < -0.3 is 9.64 Å². The van der Waals surface area contributed by atoms with Crippen LogP contribution < -0.4 is 0 Å². The highest BCUT2D eigenvalue weighted by atomic mass is 79.9. The third kappa shape index (κ3) is 2.70. The van der Waals surface area contributed by atoms with E-state index in [-0.39, 0.29) is 24.0 Å². The van der Waals surface area contributed by atoms with Gasteiger partial charge >= 0.3 is 0 Å². The summed E-state index contributed by atoms with van der Waals surface area (Å²) in [5, 5.41) is 0.793. The summed E-state index contributed by atoms with van der Waals surface area (Å²) in [6.07, 6.45) is 0.147. The molecule has 0 bridgehead atoms. The first kappa shape index (κ1) is 12.0. The molecule has 1 aliphatic rings. The quantitative estimate of drug-likeness (QED) is 0.710. The van der Waals surface area contributed by atoms with E-state index in [1.54, 1.807) is 0 Å². The maximum absolute atomic E-state index is 11.8. The summed E-state index contributed by atoms with van der Waals surface area (Å²) in [6.45, 7) is 7.27. The number of alkyl halides is 1. The Kier molecular flexibility index (Phi) is 4.38. The zero-order chi connectivity index (χ0) is 10.7. The van der Waals surface area contributed by atoms with Gasteiger partial charge in [-0.2, -0.15) is 0 Å². The highest BCUT2D eigenvalue weighted by Gasteiger charge is 2.29. The van der Waals surface area contributed by atoms with E-state index < -0.39 is 0 Å². The zero-order valence-electron chi connectivity index (χ0n) is 9.00. The Hall–Kier alpha value is -0.0900. The fourth-order valence-corrected chi connectivity index (χ4v) is 1.94. The van der Waals surface area contributed by atoms with Crippen molar-refractivity contribution < 1.29 is 9.53 Å². The Labute approximate surface area is 93.9 Å². The van der Waals surface area contributed by atoms with Crippen LogP contribution in [0.15, 0.2) is 0 Å². The summed E-state index contributed by atoms with van der Waals surface area (Å²) in [5.41, 5.74) is 0. The molecule has 14 heavy (non-hydrogen) atoms. The van der Waals surface area contributed by atoms with E-state index in [9.17, 15) is 4.79 Å². The van der Waals surface area contributed by atoms with Gasteiger partial charge in [0, 0.05) is 17.8 Å². The Morgan fingerprint density at radius 1 is 1.64 bits per heavy atom. The van der Waals surface area contributed by atoms with Crippen molar-refractivity contribution in [3.63, 3.8) is 0 Å². The van der Waals surface area contributed by atoms with Gasteiger partial charge in [0.15, 0.2) is 0 Å². The SMILES string of the molecule is CC(C)C(=O)N1CC(CBr)OCC1C. The van der Waals surface area contributed by atoms with E-state index in [1.165, 1.54) is 0 Å². The largest absolute Gasteiger partial charge is 0.373 e. The van der Waals surface area contributed by atoms with Gasteiger partial charge in [0.2, 0.25) is 5.91 Å². The predicted molar refractivity (Wildman–Crippen MR) is 59.5 cm³/mol. The van der Waals surface area contributed by atoms with Crippen LogP contribution in [0.1, 0.15) is 20.8 Å². The molecule has 0 N–H and O–H groups in total. The molecule has 1 saturated heterocycles. The molecule has 3 nitrogen and oxygen atoms in total. The van der Waals surface area contributed by atoms with E-state index in [4.69, 9.17) is 4.74 Å². The van der Waals surface area contributed by atoms with Gasteiger partial charge in [0.25, 0.3) is 0 Å². The molecule has 1 aliphatic heterocycles. The van der Waals surface area contributed by atoms with Crippen molar-refractivity contribution in [2.75, 3.05) is 18.5 Å². The molecule has 0 spiro atoms. The highest BCUT2D eigenvalue weighted by Crippen LogP contribution is 2.15. The van der Waals surface area contributed by atoms with Crippen molar-refractivity contribution in [3.05, 3.63) is 0 Å². The van der Waals surface area contributed by atoms with Crippen molar-refractivity contribution in [1.29, 1.82) is 0 Å². The molecule has 0 radical (unpaired) electrons. The molecule has 0 aromatic heterocycles. The van der Waals surface area contributed by atoms with Gasteiger partial charge in [-0.1, -0.05) is 29.8 Å². The Bertz CT molecular complexity index is 208.